The van der Waals surface area contributed by atoms with Crippen LogP contribution in [0, 0.1) is 5.92 Å². The Hall–Kier alpha value is -0.870. The predicted molar refractivity (Wildman–Crippen MR) is 73.2 cm³/mol. The van der Waals surface area contributed by atoms with Gasteiger partial charge in [-0.15, -0.1) is 0 Å². The highest BCUT2D eigenvalue weighted by Gasteiger charge is 2.14. The first-order valence-corrected chi connectivity index (χ1v) is 6.89. The number of rotatable bonds is 4. The molecule has 0 spiro atoms. The van der Waals surface area contributed by atoms with Crippen LogP contribution in [-0.4, -0.2) is 29.7 Å². The van der Waals surface area contributed by atoms with Crippen molar-refractivity contribution in [1.29, 1.82) is 0 Å². The minimum atomic E-state index is 0.285. The van der Waals surface area contributed by atoms with Crippen LogP contribution in [0.25, 0.3) is 0 Å². The van der Waals surface area contributed by atoms with Crippen molar-refractivity contribution in [3.63, 3.8) is 0 Å². The molecular weight excluding hydrogens is 250 g/mol. The molecule has 0 aromatic carbocycles. The van der Waals surface area contributed by atoms with Gasteiger partial charge < -0.3 is 10.1 Å². The molecule has 2 heterocycles. The van der Waals surface area contributed by atoms with Crippen molar-refractivity contribution in [3.05, 3.63) is 17.0 Å². The maximum absolute atomic E-state index is 6.00. The first kappa shape index (κ1) is 13.6. The summed E-state index contributed by atoms with van der Waals surface area (Å²) in [4.78, 5) is 8.70. The average molecular weight is 270 g/mol. The fourth-order valence-electron chi connectivity index (χ4n) is 1.98. The van der Waals surface area contributed by atoms with Crippen LogP contribution in [0.3, 0.4) is 0 Å². The molecule has 5 heteroatoms. The Balaban J connectivity index is 1.95. The summed E-state index contributed by atoms with van der Waals surface area (Å²) >= 11 is 6.00. The molecular formula is C13H20ClN3O. The zero-order valence-electron chi connectivity index (χ0n) is 10.9. The summed E-state index contributed by atoms with van der Waals surface area (Å²) in [5.41, 5.74) is 0. The Bertz CT molecular complexity index is 392. The second kappa shape index (κ2) is 6.34. The van der Waals surface area contributed by atoms with Gasteiger partial charge in [0.15, 0.2) is 0 Å². The highest BCUT2D eigenvalue weighted by atomic mass is 35.5. The van der Waals surface area contributed by atoms with Crippen molar-refractivity contribution < 1.29 is 4.74 Å². The van der Waals surface area contributed by atoms with Gasteiger partial charge >= 0.3 is 0 Å². The fourth-order valence-corrected chi connectivity index (χ4v) is 2.17. The van der Waals surface area contributed by atoms with Gasteiger partial charge in [0.25, 0.3) is 0 Å². The van der Waals surface area contributed by atoms with Gasteiger partial charge in [0.1, 0.15) is 16.8 Å². The molecule has 0 radical (unpaired) electrons. The fraction of sp³-hybridized carbons (Fsp3) is 0.692. The van der Waals surface area contributed by atoms with Crippen molar-refractivity contribution in [2.75, 3.05) is 25.1 Å². The molecule has 0 aliphatic carbocycles. The number of nitrogens with zero attached hydrogens (tertiary/aromatic N) is 2. The van der Waals surface area contributed by atoms with E-state index < -0.39 is 0 Å². The molecule has 1 aromatic heterocycles. The molecule has 1 N–H and O–H groups in total. The SMILES string of the molecule is CC(C)c1nc(Cl)cc(NCC2CCOCC2)n1. The van der Waals surface area contributed by atoms with Gasteiger partial charge in [0.2, 0.25) is 0 Å². The van der Waals surface area contributed by atoms with Crippen molar-refractivity contribution in [3.8, 4) is 0 Å². The standard InChI is InChI=1S/C13H20ClN3O/c1-9(2)13-16-11(14)7-12(17-13)15-8-10-3-5-18-6-4-10/h7,9-10H,3-6,8H2,1-2H3,(H,15,16,17). The Morgan fingerprint density at radius 3 is 2.78 bits per heavy atom. The molecule has 1 aromatic rings. The van der Waals surface area contributed by atoms with E-state index in [-0.39, 0.29) is 5.92 Å². The number of anilines is 1. The van der Waals surface area contributed by atoms with Gasteiger partial charge in [0.05, 0.1) is 0 Å². The van der Waals surface area contributed by atoms with Crippen molar-refractivity contribution >= 4 is 17.4 Å². The first-order chi connectivity index (χ1) is 8.65. The van der Waals surface area contributed by atoms with Crippen LogP contribution in [-0.2, 0) is 4.74 Å². The monoisotopic (exact) mass is 269 g/mol. The van der Waals surface area contributed by atoms with Gasteiger partial charge in [-0.1, -0.05) is 25.4 Å². The minimum Gasteiger partial charge on any atom is -0.381 e. The van der Waals surface area contributed by atoms with Gasteiger partial charge in [0, 0.05) is 31.7 Å². The molecule has 1 saturated heterocycles. The van der Waals surface area contributed by atoms with Crippen LogP contribution < -0.4 is 5.32 Å². The topological polar surface area (TPSA) is 47.0 Å². The molecule has 2 rings (SSSR count). The summed E-state index contributed by atoms with van der Waals surface area (Å²) in [6.45, 7) is 6.79. The lowest BCUT2D eigenvalue weighted by Gasteiger charge is -2.22. The average Bonchev–Trinajstić information content (AvgIpc) is 2.37. The molecule has 1 aliphatic heterocycles. The summed E-state index contributed by atoms with van der Waals surface area (Å²) in [7, 11) is 0. The summed E-state index contributed by atoms with van der Waals surface area (Å²) in [6, 6.07) is 1.78. The maximum Gasteiger partial charge on any atom is 0.135 e. The van der Waals surface area contributed by atoms with E-state index in [9.17, 15) is 0 Å². The summed E-state index contributed by atoms with van der Waals surface area (Å²) in [5.74, 6) is 2.56. The first-order valence-electron chi connectivity index (χ1n) is 6.51. The molecule has 0 unspecified atom stereocenters. The number of ether oxygens (including phenoxy) is 1. The molecule has 0 amide bonds. The molecule has 0 saturated carbocycles. The van der Waals surface area contributed by atoms with Crippen LogP contribution in [0.5, 0.6) is 0 Å². The maximum atomic E-state index is 6.00. The van der Waals surface area contributed by atoms with E-state index in [0.29, 0.717) is 11.1 Å². The molecule has 0 atom stereocenters. The lowest BCUT2D eigenvalue weighted by Crippen LogP contribution is -2.23. The summed E-state index contributed by atoms with van der Waals surface area (Å²) < 4.78 is 5.35. The molecule has 4 nitrogen and oxygen atoms in total. The molecule has 1 aliphatic rings. The third kappa shape index (κ3) is 3.82. The van der Waals surface area contributed by atoms with Crippen molar-refractivity contribution in [1.82, 2.24) is 9.97 Å². The molecule has 1 fully saturated rings. The van der Waals surface area contributed by atoms with Crippen LogP contribution in [0.2, 0.25) is 5.15 Å². The Morgan fingerprint density at radius 1 is 1.39 bits per heavy atom. The van der Waals surface area contributed by atoms with E-state index in [4.69, 9.17) is 16.3 Å². The smallest absolute Gasteiger partial charge is 0.135 e. The number of hydrogen-bond donors (Lipinski definition) is 1. The second-order valence-corrected chi connectivity index (χ2v) is 5.41. The minimum absolute atomic E-state index is 0.285. The largest absolute Gasteiger partial charge is 0.381 e. The lowest BCUT2D eigenvalue weighted by molar-refractivity contribution is 0.0699. The van der Waals surface area contributed by atoms with Gasteiger partial charge in [-0.25, -0.2) is 9.97 Å². The summed E-state index contributed by atoms with van der Waals surface area (Å²) in [5, 5.41) is 3.86. The van der Waals surface area contributed by atoms with Crippen molar-refractivity contribution in [2.24, 2.45) is 5.92 Å². The van der Waals surface area contributed by atoms with Crippen LogP contribution in [0.1, 0.15) is 38.4 Å². The third-order valence-corrected chi connectivity index (χ3v) is 3.33. The Kier molecular flexibility index (Phi) is 4.78. The highest BCUT2D eigenvalue weighted by molar-refractivity contribution is 6.29. The molecule has 0 bridgehead atoms. The Morgan fingerprint density at radius 2 is 2.11 bits per heavy atom. The van der Waals surface area contributed by atoms with Gasteiger partial charge in [-0.2, -0.15) is 0 Å². The molecule has 18 heavy (non-hydrogen) atoms. The number of halogens is 1. The normalized spacial score (nSPS) is 17.1. The van der Waals surface area contributed by atoms with Gasteiger partial charge in [-0.05, 0) is 18.8 Å². The lowest BCUT2D eigenvalue weighted by atomic mass is 10.0. The number of aromatic nitrogens is 2. The highest BCUT2D eigenvalue weighted by Crippen LogP contribution is 2.19. The van der Waals surface area contributed by atoms with E-state index in [1.54, 1.807) is 6.07 Å². The zero-order valence-corrected chi connectivity index (χ0v) is 11.7. The van der Waals surface area contributed by atoms with Crippen LogP contribution in [0.15, 0.2) is 6.07 Å². The van der Waals surface area contributed by atoms with E-state index >= 15 is 0 Å². The van der Waals surface area contributed by atoms with Gasteiger partial charge in [-0.3, -0.25) is 0 Å². The van der Waals surface area contributed by atoms with Crippen LogP contribution in [0.4, 0.5) is 5.82 Å². The van der Waals surface area contributed by atoms with Crippen molar-refractivity contribution in [2.45, 2.75) is 32.6 Å². The van der Waals surface area contributed by atoms with E-state index in [2.05, 4.69) is 29.1 Å². The zero-order chi connectivity index (χ0) is 13.0. The molecule has 100 valence electrons. The van der Waals surface area contributed by atoms with E-state index in [1.807, 2.05) is 0 Å². The second-order valence-electron chi connectivity index (χ2n) is 5.03. The number of hydrogen-bond acceptors (Lipinski definition) is 4. The van der Waals surface area contributed by atoms with Crippen LogP contribution >= 0.6 is 11.6 Å². The van der Waals surface area contributed by atoms with E-state index in [1.165, 1.54) is 0 Å². The Labute approximate surface area is 113 Å². The van der Waals surface area contributed by atoms with E-state index in [0.717, 1.165) is 44.2 Å². The predicted octanol–water partition coefficient (Wildman–Crippen LogP) is 3.09. The summed E-state index contributed by atoms with van der Waals surface area (Å²) in [6.07, 6.45) is 2.23. The third-order valence-electron chi connectivity index (χ3n) is 3.14. The number of nitrogens with one attached hydrogen (secondary N) is 1. The quantitative estimate of drug-likeness (QED) is 0.854.